The van der Waals surface area contributed by atoms with Crippen LogP contribution in [0.2, 0.25) is 5.02 Å². The van der Waals surface area contributed by atoms with Gasteiger partial charge in [0.25, 0.3) is 5.91 Å². The third-order valence-electron chi connectivity index (χ3n) is 4.31. The highest BCUT2D eigenvalue weighted by atomic mass is 35.5. The van der Waals surface area contributed by atoms with E-state index < -0.39 is 5.54 Å². The Morgan fingerprint density at radius 1 is 1.05 bits per heavy atom. The van der Waals surface area contributed by atoms with Crippen LogP contribution < -0.4 is 5.32 Å². The molecular weight excluding hydrogens is 301 g/mol. The summed E-state index contributed by atoms with van der Waals surface area (Å²) in [6, 6.07) is 13.4. The van der Waals surface area contributed by atoms with Crippen LogP contribution in [0, 0.1) is 5.82 Å². The molecule has 0 bridgehead atoms. The first kappa shape index (κ1) is 15.0. The minimum absolute atomic E-state index is 0.193. The van der Waals surface area contributed by atoms with Gasteiger partial charge in [-0.2, -0.15) is 0 Å². The maximum absolute atomic E-state index is 14.2. The second-order valence-corrected chi connectivity index (χ2v) is 6.17. The third kappa shape index (κ3) is 2.86. The molecule has 2 nitrogen and oxygen atoms in total. The minimum atomic E-state index is -0.609. The molecule has 0 spiro atoms. The Kier molecular flexibility index (Phi) is 4.16. The molecule has 0 saturated heterocycles. The lowest BCUT2D eigenvalue weighted by Crippen LogP contribution is -2.44. The molecule has 0 aromatic heterocycles. The predicted molar refractivity (Wildman–Crippen MR) is 85.5 cm³/mol. The molecule has 0 atom stereocenters. The molecule has 1 fully saturated rings. The van der Waals surface area contributed by atoms with Gasteiger partial charge in [0.2, 0.25) is 0 Å². The second kappa shape index (κ2) is 6.09. The molecule has 114 valence electrons. The Morgan fingerprint density at radius 2 is 1.68 bits per heavy atom. The fraction of sp³-hybridized carbons (Fsp3) is 0.278. The Labute approximate surface area is 134 Å². The van der Waals surface area contributed by atoms with Gasteiger partial charge in [0, 0.05) is 16.1 Å². The van der Waals surface area contributed by atoms with Crippen molar-refractivity contribution in [3.63, 3.8) is 0 Å². The monoisotopic (exact) mass is 317 g/mol. The van der Waals surface area contributed by atoms with Crippen molar-refractivity contribution in [2.45, 2.75) is 31.2 Å². The molecule has 2 aromatic carbocycles. The largest absolute Gasteiger partial charge is 0.342 e. The van der Waals surface area contributed by atoms with Crippen molar-refractivity contribution in [3.05, 3.63) is 70.5 Å². The molecule has 1 aliphatic rings. The second-order valence-electron chi connectivity index (χ2n) is 5.73. The molecule has 0 heterocycles. The topological polar surface area (TPSA) is 29.1 Å². The lowest BCUT2D eigenvalue weighted by Gasteiger charge is -2.31. The number of carbonyl (C=O) groups excluding carboxylic acids is 1. The van der Waals surface area contributed by atoms with Crippen molar-refractivity contribution in [1.82, 2.24) is 5.32 Å². The van der Waals surface area contributed by atoms with E-state index in [1.54, 1.807) is 36.4 Å². The Hall–Kier alpha value is -1.87. The Bertz CT molecular complexity index is 678. The Morgan fingerprint density at radius 3 is 2.32 bits per heavy atom. The van der Waals surface area contributed by atoms with Gasteiger partial charge in [-0.15, -0.1) is 0 Å². The molecule has 2 aromatic rings. The van der Waals surface area contributed by atoms with Gasteiger partial charge in [0.15, 0.2) is 0 Å². The van der Waals surface area contributed by atoms with Crippen molar-refractivity contribution in [3.8, 4) is 0 Å². The van der Waals surface area contributed by atoms with Crippen LogP contribution >= 0.6 is 11.6 Å². The summed E-state index contributed by atoms with van der Waals surface area (Å²) in [7, 11) is 0. The van der Waals surface area contributed by atoms with Crippen molar-refractivity contribution in [2.75, 3.05) is 0 Å². The van der Waals surface area contributed by atoms with Crippen LogP contribution in [0.1, 0.15) is 41.6 Å². The summed E-state index contributed by atoms with van der Waals surface area (Å²) >= 11 is 5.85. The summed E-state index contributed by atoms with van der Waals surface area (Å²) in [4.78, 5) is 12.5. The zero-order valence-electron chi connectivity index (χ0n) is 12.1. The average Bonchev–Trinajstić information content (AvgIpc) is 2.97. The number of benzene rings is 2. The fourth-order valence-corrected chi connectivity index (χ4v) is 3.31. The van der Waals surface area contributed by atoms with E-state index in [9.17, 15) is 9.18 Å². The molecule has 22 heavy (non-hydrogen) atoms. The summed E-state index contributed by atoms with van der Waals surface area (Å²) in [6.07, 6.45) is 3.48. The van der Waals surface area contributed by atoms with Gasteiger partial charge in [-0.05, 0) is 43.2 Å². The van der Waals surface area contributed by atoms with Crippen LogP contribution in [0.5, 0.6) is 0 Å². The van der Waals surface area contributed by atoms with E-state index in [2.05, 4.69) is 5.32 Å². The third-order valence-corrected chi connectivity index (χ3v) is 4.56. The van der Waals surface area contributed by atoms with Crippen LogP contribution in [-0.2, 0) is 5.54 Å². The number of hydrogen-bond acceptors (Lipinski definition) is 1. The van der Waals surface area contributed by atoms with E-state index in [0.717, 1.165) is 25.7 Å². The zero-order valence-corrected chi connectivity index (χ0v) is 12.9. The summed E-state index contributed by atoms with van der Waals surface area (Å²) < 4.78 is 14.2. The summed E-state index contributed by atoms with van der Waals surface area (Å²) in [5.74, 6) is -0.456. The van der Waals surface area contributed by atoms with E-state index in [1.165, 1.54) is 6.07 Å². The molecular formula is C18H17ClFNO. The van der Waals surface area contributed by atoms with Crippen LogP contribution in [0.3, 0.4) is 0 Å². The quantitative estimate of drug-likeness (QED) is 0.875. The first-order valence-corrected chi connectivity index (χ1v) is 7.82. The molecule has 0 radical (unpaired) electrons. The smallest absolute Gasteiger partial charge is 0.251 e. The molecule has 1 N–H and O–H groups in total. The lowest BCUT2D eigenvalue weighted by atomic mass is 9.87. The normalized spacial score (nSPS) is 16.5. The van der Waals surface area contributed by atoms with E-state index >= 15 is 0 Å². The first-order chi connectivity index (χ1) is 10.6. The van der Waals surface area contributed by atoms with Gasteiger partial charge in [-0.3, -0.25) is 4.79 Å². The van der Waals surface area contributed by atoms with Crippen molar-refractivity contribution >= 4 is 17.5 Å². The lowest BCUT2D eigenvalue weighted by molar-refractivity contribution is 0.0896. The molecule has 1 amide bonds. The van der Waals surface area contributed by atoms with Gasteiger partial charge < -0.3 is 5.32 Å². The van der Waals surface area contributed by atoms with Gasteiger partial charge >= 0.3 is 0 Å². The SMILES string of the molecule is O=C(NC1(c2ccccc2F)CCCC1)c1ccc(Cl)cc1. The maximum Gasteiger partial charge on any atom is 0.251 e. The van der Waals surface area contributed by atoms with Crippen LogP contribution in [0.4, 0.5) is 4.39 Å². The summed E-state index contributed by atoms with van der Waals surface area (Å²) in [5, 5.41) is 3.65. The number of rotatable bonds is 3. The molecule has 1 saturated carbocycles. The van der Waals surface area contributed by atoms with Crippen LogP contribution in [0.25, 0.3) is 0 Å². The highest BCUT2D eigenvalue weighted by Gasteiger charge is 2.39. The highest BCUT2D eigenvalue weighted by Crippen LogP contribution is 2.40. The molecule has 3 rings (SSSR count). The van der Waals surface area contributed by atoms with Gasteiger partial charge in [0.1, 0.15) is 5.82 Å². The maximum atomic E-state index is 14.2. The number of hydrogen-bond donors (Lipinski definition) is 1. The van der Waals surface area contributed by atoms with Crippen molar-refractivity contribution in [2.24, 2.45) is 0 Å². The van der Waals surface area contributed by atoms with E-state index in [1.807, 2.05) is 6.07 Å². The Balaban J connectivity index is 1.91. The average molecular weight is 318 g/mol. The number of nitrogens with one attached hydrogen (secondary N) is 1. The molecule has 1 aliphatic carbocycles. The minimum Gasteiger partial charge on any atom is -0.342 e. The first-order valence-electron chi connectivity index (χ1n) is 7.44. The van der Waals surface area contributed by atoms with Gasteiger partial charge in [-0.25, -0.2) is 4.39 Å². The highest BCUT2D eigenvalue weighted by molar-refractivity contribution is 6.30. The van der Waals surface area contributed by atoms with Crippen LogP contribution in [-0.4, -0.2) is 5.91 Å². The van der Waals surface area contributed by atoms with E-state index in [4.69, 9.17) is 11.6 Å². The standard InChI is InChI=1S/C18H17ClFNO/c19-14-9-7-13(8-10-14)17(22)21-18(11-3-4-12-18)15-5-1-2-6-16(15)20/h1-2,5-10H,3-4,11-12H2,(H,21,22). The van der Waals surface area contributed by atoms with Crippen molar-refractivity contribution < 1.29 is 9.18 Å². The summed E-state index contributed by atoms with van der Waals surface area (Å²) in [5.41, 5.74) is 0.504. The zero-order chi connectivity index (χ0) is 15.6. The number of carbonyl (C=O) groups is 1. The van der Waals surface area contributed by atoms with Crippen molar-refractivity contribution in [1.29, 1.82) is 0 Å². The van der Waals surface area contributed by atoms with E-state index in [0.29, 0.717) is 16.1 Å². The van der Waals surface area contributed by atoms with Gasteiger partial charge in [-0.1, -0.05) is 42.6 Å². The molecule has 0 aliphatic heterocycles. The summed E-state index contributed by atoms with van der Waals surface area (Å²) in [6.45, 7) is 0. The number of halogens is 2. The molecule has 0 unspecified atom stereocenters. The number of amides is 1. The molecule has 4 heteroatoms. The van der Waals surface area contributed by atoms with Crippen LogP contribution in [0.15, 0.2) is 48.5 Å². The van der Waals surface area contributed by atoms with Gasteiger partial charge in [0.05, 0.1) is 5.54 Å². The predicted octanol–water partition coefficient (Wildman–Crippen LogP) is 4.68. The fourth-order valence-electron chi connectivity index (χ4n) is 3.18. The van der Waals surface area contributed by atoms with E-state index in [-0.39, 0.29) is 11.7 Å².